The molecular weight excluding hydrogens is 380 g/mol. The van der Waals surface area contributed by atoms with Gasteiger partial charge >= 0.3 is 0 Å². The molecule has 0 aliphatic heterocycles. The summed E-state index contributed by atoms with van der Waals surface area (Å²) in [5.74, 6) is 0.744. The summed E-state index contributed by atoms with van der Waals surface area (Å²) in [6.45, 7) is 0.542. The number of nitrogens with zero attached hydrogens (tertiary/aromatic N) is 4. The first-order chi connectivity index (χ1) is 13.5. The van der Waals surface area contributed by atoms with Gasteiger partial charge < -0.3 is 10.6 Å². The summed E-state index contributed by atoms with van der Waals surface area (Å²) in [6, 6.07) is 15.9. The number of benzene rings is 2. The van der Waals surface area contributed by atoms with Crippen LogP contribution in [0.1, 0.15) is 5.56 Å². The highest BCUT2D eigenvalue weighted by atomic mass is 32.2. The zero-order valence-corrected chi connectivity index (χ0v) is 15.3. The standard InChI is InChI=1S/C17H16N8O2S/c18-28(26,27)13-8-4-7-12(9-13)20-17-21-15(14-16(22-17)24-25-23-14)19-10-11-5-2-1-3-6-11/h1-9H,10H2,(H2,18,26,27)(H3,19,20,21,22,23,24,25). The maximum Gasteiger partial charge on any atom is 0.238 e. The first-order valence-electron chi connectivity index (χ1n) is 8.25. The highest BCUT2D eigenvalue weighted by Crippen LogP contribution is 2.22. The lowest BCUT2D eigenvalue weighted by Gasteiger charge is -2.10. The minimum absolute atomic E-state index is 0.00999. The van der Waals surface area contributed by atoms with Crippen LogP contribution < -0.4 is 15.8 Å². The second-order valence-electron chi connectivity index (χ2n) is 5.94. The van der Waals surface area contributed by atoms with Crippen molar-refractivity contribution in [1.29, 1.82) is 0 Å². The molecule has 2 aromatic carbocycles. The Morgan fingerprint density at radius 2 is 1.86 bits per heavy atom. The summed E-state index contributed by atoms with van der Waals surface area (Å²) < 4.78 is 23.1. The van der Waals surface area contributed by atoms with E-state index in [0.717, 1.165) is 5.56 Å². The van der Waals surface area contributed by atoms with Crippen LogP contribution in [0.3, 0.4) is 0 Å². The number of nitrogens with two attached hydrogens (primary N) is 1. The quantitative estimate of drug-likeness (QED) is 0.385. The third kappa shape index (κ3) is 3.89. The minimum atomic E-state index is -3.81. The second-order valence-corrected chi connectivity index (χ2v) is 7.50. The summed E-state index contributed by atoms with van der Waals surface area (Å²) >= 11 is 0. The van der Waals surface area contributed by atoms with Crippen molar-refractivity contribution in [3.05, 3.63) is 60.2 Å². The molecule has 2 heterocycles. The van der Waals surface area contributed by atoms with E-state index < -0.39 is 10.0 Å². The summed E-state index contributed by atoms with van der Waals surface area (Å²) in [7, 11) is -3.81. The molecule has 0 radical (unpaired) electrons. The Balaban J connectivity index is 1.63. The van der Waals surface area contributed by atoms with Gasteiger partial charge in [-0.3, -0.25) is 0 Å². The van der Waals surface area contributed by atoms with Gasteiger partial charge in [-0.2, -0.15) is 9.97 Å². The van der Waals surface area contributed by atoms with Crippen LogP contribution in [0.25, 0.3) is 11.2 Å². The number of rotatable bonds is 6. The van der Waals surface area contributed by atoms with Gasteiger partial charge in [0.15, 0.2) is 17.0 Å². The van der Waals surface area contributed by atoms with Crippen LogP contribution in [0.15, 0.2) is 59.5 Å². The molecule has 0 unspecified atom stereocenters. The van der Waals surface area contributed by atoms with E-state index in [4.69, 9.17) is 5.14 Å². The van der Waals surface area contributed by atoms with Crippen LogP contribution in [-0.2, 0) is 16.6 Å². The van der Waals surface area contributed by atoms with Gasteiger partial charge in [-0.15, -0.1) is 5.10 Å². The lowest BCUT2D eigenvalue weighted by molar-refractivity contribution is 0.598. The van der Waals surface area contributed by atoms with Crippen molar-refractivity contribution >= 4 is 38.6 Å². The molecule has 2 aromatic heterocycles. The van der Waals surface area contributed by atoms with Crippen molar-refractivity contribution in [3.8, 4) is 0 Å². The Labute approximate surface area is 160 Å². The average molecular weight is 396 g/mol. The van der Waals surface area contributed by atoms with Gasteiger partial charge in [-0.25, -0.2) is 18.7 Å². The average Bonchev–Trinajstić information content (AvgIpc) is 3.15. The van der Waals surface area contributed by atoms with Gasteiger partial charge in [0.1, 0.15) is 0 Å². The zero-order chi connectivity index (χ0) is 19.6. The Morgan fingerprint density at radius 3 is 2.64 bits per heavy atom. The van der Waals surface area contributed by atoms with Crippen molar-refractivity contribution in [3.63, 3.8) is 0 Å². The predicted octanol–water partition coefficient (Wildman–Crippen LogP) is 1.75. The molecule has 0 saturated heterocycles. The molecule has 4 rings (SSSR count). The summed E-state index contributed by atoms with van der Waals surface area (Å²) in [5.41, 5.74) is 2.50. The summed E-state index contributed by atoms with van der Waals surface area (Å²) in [6.07, 6.45) is 0. The van der Waals surface area contributed by atoms with E-state index in [1.54, 1.807) is 12.1 Å². The molecule has 5 N–H and O–H groups in total. The third-order valence-electron chi connectivity index (χ3n) is 3.91. The lowest BCUT2D eigenvalue weighted by Crippen LogP contribution is -2.12. The Bertz CT molecular complexity index is 1220. The molecule has 0 aliphatic carbocycles. The van der Waals surface area contributed by atoms with Gasteiger partial charge in [-0.1, -0.05) is 41.6 Å². The molecule has 11 heteroatoms. The largest absolute Gasteiger partial charge is 0.364 e. The monoisotopic (exact) mass is 396 g/mol. The van der Waals surface area contributed by atoms with E-state index in [0.29, 0.717) is 29.2 Å². The van der Waals surface area contributed by atoms with Gasteiger partial charge in [0.05, 0.1) is 4.90 Å². The molecule has 10 nitrogen and oxygen atoms in total. The number of hydrogen-bond acceptors (Lipinski definition) is 8. The summed E-state index contributed by atoms with van der Waals surface area (Å²) in [5, 5.41) is 21.9. The molecule has 0 amide bonds. The van der Waals surface area contributed by atoms with Crippen molar-refractivity contribution < 1.29 is 8.42 Å². The number of aromatic nitrogens is 5. The van der Waals surface area contributed by atoms with E-state index in [-0.39, 0.29) is 10.8 Å². The number of primary sulfonamides is 1. The molecule has 0 spiro atoms. The fourth-order valence-electron chi connectivity index (χ4n) is 2.59. The number of fused-ring (bicyclic) bond motifs is 1. The Hall–Kier alpha value is -3.57. The number of H-pyrrole nitrogens is 1. The maximum atomic E-state index is 11.5. The molecule has 0 aliphatic rings. The molecule has 0 atom stereocenters. The maximum absolute atomic E-state index is 11.5. The molecular formula is C17H16N8O2S. The fourth-order valence-corrected chi connectivity index (χ4v) is 3.15. The smallest absolute Gasteiger partial charge is 0.238 e. The van der Waals surface area contributed by atoms with Crippen LogP contribution in [0.4, 0.5) is 17.5 Å². The minimum Gasteiger partial charge on any atom is -0.364 e. The lowest BCUT2D eigenvalue weighted by atomic mass is 10.2. The van der Waals surface area contributed by atoms with E-state index in [9.17, 15) is 8.42 Å². The summed E-state index contributed by atoms with van der Waals surface area (Å²) in [4.78, 5) is 8.74. The van der Waals surface area contributed by atoms with Gasteiger partial charge in [0, 0.05) is 12.2 Å². The normalized spacial score (nSPS) is 11.5. The first kappa shape index (κ1) is 17.8. The van der Waals surface area contributed by atoms with Crippen LogP contribution in [-0.4, -0.2) is 33.8 Å². The zero-order valence-electron chi connectivity index (χ0n) is 14.5. The molecule has 0 saturated carbocycles. The van der Waals surface area contributed by atoms with E-state index in [2.05, 4.69) is 36.0 Å². The highest BCUT2D eigenvalue weighted by molar-refractivity contribution is 7.89. The number of nitrogens with one attached hydrogen (secondary N) is 3. The fraction of sp³-hybridized carbons (Fsp3) is 0.0588. The molecule has 0 fully saturated rings. The van der Waals surface area contributed by atoms with E-state index in [1.807, 2.05) is 30.3 Å². The number of hydrogen-bond donors (Lipinski definition) is 4. The molecule has 28 heavy (non-hydrogen) atoms. The van der Waals surface area contributed by atoms with E-state index >= 15 is 0 Å². The van der Waals surface area contributed by atoms with Crippen LogP contribution in [0, 0.1) is 0 Å². The van der Waals surface area contributed by atoms with Crippen LogP contribution in [0.2, 0.25) is 0 Å². The van der Waals surface area contributed by atoms with Crippen molar-refractivity contribution in [1.82, 2.24) is 25.4 Å². The predicted molar refractivity (Wildman–Crippen MR) is 104 cm³/mol. The Kier molecular flexibility index (Phi) is 4.59. The Morgan fingerprint density at radius 1 is 1.04 bits per heavy atom. The molecule has 0 bridgehead atoms. The number of sulfonamides is 1. The van der Waals surface area contributed by atoms with Crippen molar-refractivity contribution in [2.75, 3.05) is 10.6 Å². The van der Waals surface area contributed by atoms with Gasteiger partial charge in [0.25, 0.3) is 0 Å². The van der Waals surface area contributed by atoms with Crippen molar-refractivity contribution in [2.45, 2.75) is 11.4 Å². The first-order valence-corrected chi connectivity index (χ1v) is 9.80. The molecule has 4 aromatic rings. The topological polar surface area (TPSA) is 152 Å². The van der Waals surface area contributed by atoms with Gasteiger partial charge in [-0.05, 0) is 23.8 Å². The number of anilines is 3. The SMILES string of the molecule is NS(=O)(=O)c1cccc(Nc2nc(NCc3ccccc3)c3nn[nH]c3n2)c1. The highest BCUT2D eigenvalue weighted by Gasteiger charge is 2.13. The van der Waals surface area contributed by atoms with Crippen molar-refractivity contribution in [2.24, 2.45) is 5.14 Å². The number of aromatic amines is 1. The molecule has 142 valence electrons. The second kappa shape index (κ2) is 7.21. The van der Waals surface area contributed by atoms with E-state index in [1.165, 1.54) is 12.1 Å². The van der Waals surface area contributed by atoms with Gasteiger partial charge in [0.2, 0.25) is 16.0 Å². The third-order valence-corrected chi connectivity index (χ3v) is 4.82. The van der Waals surface area contributed by atoms with Crippen LogP contribution >= 0.6 is 0 Å². The van der Waals surface area contributed by atoms with Crippen LogP contribution in [0.5, 0.6) is 0 Å².